The first-order valence-corrected chi connectivity index (χ1v) is 12.9. The van der Waals surface area contributed by atoms with Crippen molar-refractivity contribution in [1.29, 1.82) is 0 Å². The van der Waals surface area contributed by atoms with Crippen molar-refractivity contribution < 1.29 is 23.9 Å². The van der Waals surface area contributed by atoms with Crippen molar-refractivity contribution in [2.24, 2.45) is 0 Å². The third-order valence-electron chi connectivity index (χ3n) is 7.27. The molecule has 0 bridgehead atoms. The largest absolute Gasteiger partial charge is 0.497 e. The maximum Gasteiger partial charge on any atom is 0.262 e. The van der Waals surface area contributed by atoms with Crippen LogP contribution in [0.1, 0.15) is 50.0 Å². The molecular weight excluding hydrogens is 492 g/mol. The third-order valence-corrected chi connectivity index (χ3v) is 7.56. The fourth-order valence-electron chi connectivity index (χ4n) is 5.51. The number of anilines is 1. The Kier molecular flexibility index (Phi) is 7.07. The summed E-state index contributed by atoms with van der Waals surface area (Å²) < 4.78 is 10.8. The van der Waals surface area contributed by atoms with Crippen molar-refractivity contribution in [3.63, 3.8) is 0 Å². The summed E-state index contributed by atoms with van der Waals surface area (Å²) >= 11 is 6.59. The SMILES string of the molecule is COc1ccc(NC(=O)COc2ccc(C3C4=C(CCCC4=O)N(C)C4=C3C(=O)CCC4)cc2Cl)cc1. The Balaban J connectivity index is 1.37. The first-order valence-electron chi connectivity index (χ1n) is 12.5. The van der Waals surface area contributed by atoms with Gasteiger partial charge in [-0.25, -0.2) is 0 Å². The molecule has 2 aromatic carbocycles. The Morgan fingerprint density at radius 3 is 2.16 bits per heavy atom. The van der Waals surface area contributed by atoms with E-state index in [4.69, 9.17) is 21.1 Å². The number of halogens is 1. The minimum Gasteiger partial charge on any atom is -0.497 e. The smallest absolute Gasteiger partial charge is 0.262 e. The van der Waals surface area contributed by atoms with Gasteiger partial charge >= 0.3 is 0 Å². The predicted octanol–water partition coefficient (Wildman–Crippen LogP) is 5.41. The molecule has 1 aliphatic heterocycles. The number of carbonyl (C=O) groups is 3. The van der Waals surface area contributed by atoms with Gasteiger partial charge in [0.2, 0.25) is 0 Å². The van der Waals surface area contributed by atoms with Crippen LogP contribution in [0.5, 0.6) is 11.5 Å². The molecule has 2 aliphatic carbocycles. The second-order valence-electron chi connectivity index (χ2n) is 9.52. The number of nitrogens with zero attached hydrogens (tertiary/aromatic N) is 1. The summed E-state index contributed by atoms with van der Waals surface area (Å²) in [5.41, 5.74) is 4.87. The number of Topliss-reactive ketones (excluding diaryl/α,β-unsaturated/α-hetero) is 2. The molecule has 1 N–H and O–H groups in total. The average molecular weight is 521 g/mol. The molecule has 0 saturated carbocycles. The minimum atomic E-state index is -0.424. The van der Waals surface area contributed by atoms with Gasteiger partial charge in [0.15, 0.2) is 18.2 Å². The first kappa shape index (κ1) is 25.1. The maximum absolute atomic E-state index is 13.1. The van der Waals surface area contributed by atoms with Crippen LogP contribution in [0.25, 0.3) is 0 Å². The Labute approximate surface area is 221 Å². The molecule has 0 spiro atoms. The van der Waals surface area contributed by atoms with E-state index in [1.54, 1.807) is 43.5 Å². The van der Waals surface area contributed by atoms with Crippen LogP contribution in [0.4, 0.5) is 5.69 Å². The number of hydrogen-bond acceptors (Lipinski definition) is 6. The highest BCUT2D eigenvalue weighted by Gasteiger charge is 2.42. The standard InChI is InChI=1S/C29H29ClN2O5/c1-32-21-5-3-7-23(33)28(21)27(29-22(32)6-4-8-24(29)34)17-9-14-25(20(30)15-17)37-16-26(35)31-18-10-12-19(36-2)13-11-18/h9-15,27H,3-8,16H2,1-2H3,(H,31,35). The number of ether oxygens (including phenoxy) is 2. The highest BCUT2D eigenvalue weighted by Crippen LogP contribution is 2.49. The number of methoxy groups -OCH3 is 1. The number of benzene rings is 2. The molecular formula is C29H29ClN2O5. The van der Waals surface area contributed by atoms with Gasteiger partial charge in [0.25, 0.3) is 5.91 Å². The third kappa shape index (κ3) is 4.88. The molecule has 0 atom stereocenters. The number of hydrogen-bond donors (Lipinski definition) is 1. The zero-order valence-corrected chi connectivity index (χ0v) is 21.7. The van der Waals surface area contributed by atoms with E-state index in [0.717, 1.165) is 42.6 Å². The van der Waals surface area contributed by atoms with E-state index >= 15 is 0 Å². The van der Waals surface area contributed by atoms with E-state index < -0.39 is 5.92 Å². The van der Waals surface area contributed by atoms with E-state index in [2.05, 4.69) is 10.2 Å². The van der Waals surface area contributed by atoms with Gasteiger partial charge < -0.3 is 19.7 Å². The lowest BCUT2D eigenvalue weighted by atomic mass is 9.71. The van der Waals surface area contributed by atoms with Crippen LogP contribution in [-0.2, 0) is 14.4 Å². The molecule has 0 unspecified atom stereocenters. The van der Waals surface area contributed by atoms with E-state index in [9.17, 15) is 14.4 Å². The monoisotopic (exact) mass is 520 g/mol. The molecule has 0 aromatic heterocycles. The summed E-state index contributed by atoms with van der Waals surface area (Å²) in [6, 6.07) is 12.3. The zero-order chi connectivity index (χ0) is 26.1. The summed E-state index contributed by atoms with van der Waals surface area (Å²) in [6.45, 7) is -0.221. The van der Waals surface area contributed by atoms with Crippen molar-refractivity contribution in [2.45, 2.75) is 44.4 Å². The Morgan fingerprint density at radius 1 is 0.973 bits per heavy atom. The molecule has 0 fully saturated rings. The number of nitrogens with one attached hydrogen (secondary N) is 1. The van der Waals surface area contributed by atoms with Gasteiger partial charge in [-0.05, 0) is 67.6 Å². The summed E-state index contributed by atoms with van der Waals surface area (Å²) in [6.07, 6.45) is 4.24. The molecule has 8 heteroatoms. The molecule has 5 rings (SSSR count). The van der Waals surface area contributed by atoms with E-state index in [-0.39, 0.29) is 24.1 Å². The van der Waals surface area contributed by atoms with E-state index in [1.165, 1.54) is 0 Å². The quantitative estimate of drug-likeness (QED) is 0.548. The molecule has 0 radical (unpaired) electrons. The number of allylic oxidation sites excluding steroid dienone is 4. The topological polar surface area (TPSA) is 84.9 Å². The summed E-state index contributed by atoms with van der Waals surface area (Å²) in [5, 5.41) is 3.09. The van der Waals surface area contributed by atoms with Gasteiger partial charge in [-0.2, -0.15) is 0 Å². The molecule has 192 valence electrons. The van der Waals surface area contributed by atoms with Gasteiger partial charge in [0.05, 0.1) is 12.1 Å². The van der Waals surface area contributed by atoms with Crippen LogP contribution in [0.15, 0.2) is 65.0 Å². The van der Waals surface area contributed by atoms with Gasteiger partial charge in [-0.15, -0.1) is 0 Å². The Hall–Kier alpha value is -3.58. The normalized spacial score (nSPS) is 18.0. The first-order chi connectivity index (χ1) is 17.9. The molecule has 2 aromatic rings. The van der Waals surface area contributed by atoms with Crippen molar-refractivity contribution in [3.05, 3.63) is 75.6 Å². The van der Waals surface area contributed by atoms with Gasteiger partial charge in [-0.1, -0.05) is 17.7 Å². The molecule has 1 amide bonds. The predicted molar refractivity (Wildman–Crippen MR) is 141 cm³/mol. The van der Waals surface area contributed by atoms with Crippen molar-refractivity contribution in [3.8, 4) is 11.5 Å². The molecule has 0 saturated heterocycles. The maximum atomic E-state index is 13.1. The second kappa shape index (κ2) is 10.4. The fraction of sp³-hybridized carbons (Fsp3) is 0.345. The Bertz CT molecular complexity index is 1280. The number of carbonyl (C=O) groups excluding carboxylic acids is 3. The molecule has 3 aliphatic rings. The van der Waals surface area contributed by atoms with Crippen LogP contribution in [0, 0.1) is 0 Å². The number of ketones is 2. The lowest BCUT2D eigenvalue weighted by Crippen LogP contribution is -2.37. The average Bonchev–Trinajstić information content (AvgIpc) is 2.89. The number of amides is 1. The second-order valence-corrected chi connectivity index (χ2v) is 9.93. The van der Waals surface area contributed by atoms with Crippen molar-refractivity contribution in [2.75, 3.05) is 26.1 Å². The van der Waals surface area contributed by atoms with Crippen LogP contribution in [-0.4, -0.2) is 43.1 Å². The lowest BCUT2D eigenvalue weighted by Gasteiger charge is -2.42. The Morgan fingerprint density at radius 2 is 1.59 bits per heavy atom. The van der Waals surface area contributed by atoms with Crippen molar-refractivity contribution >= 4 is 34.8 Å². The van der Waals surface area contributed by atoms with E-state index in [0.29, 0.717) is 46.2 Å². The highest BCUT2D eigenvalue weighted by molar-refractivity contribution is 6.32. The van der Waals surface area contributed by atoms with Gasteiger partial charge in [0, 0.05) is 54.0 Å². The molecule has 7 nitrogen and oxygen atoms in total. The van der Waals surface area contributed by atoms with Crippen molar-refractivity contribution in [1.82, 2.24) is 4.90 Å². The summed E-state index contributed by atoms with van der Waals surface area (Å²) in [5.74, 6) is 0.486. The lowest BCUT2D eigenvalue weighted by molar-refractivity contribution is -0.118. The van der Waals surface area contributed by atoms with E-state index in [1.807, 2.05) is 13.1 Å². The minimum absolute atomic E-state index is 0.0923. The summed E-state index contributed by atoms with van der Waals surface area (Å²) in [7, 11) is 3.55. The zero-order valence-electron chi connectivity index (χ0n) is 20.9. The summed E-state index contributed by atoms with van der Waals surface area (Å²) in [4.78, 5) is 40.7. The van der Waals surface area contributed by atoms with Gasteiger partial charge in [-0.3, -0.25) is 14.4 Å². The van der Waals surface area contributed by atoms with Crippen LogP contribution < -0.4 is 14.8 Å². The van der Waals surface area contributed by atoms with Crippen LogP contribution in [0.2, 0.25) is 5.02 Å². The number of rotatable bonds is 6. The fourth-order valence-corrected chi connectivity index (χ4v) is 5.76. The van der Waals surface area contributed by atoms with Crippen LogP contribution >= 0.6 is 11.6 Å². The molecule has 1 heterocycles. The van der Waals surface area contributed by atoms with Gasteiger partial charge in [0.1, 0.15) is 11.5 Å². The van der Waals surface area contributed by atoms with Crippen LogP contribution in [0.3, 0.4) is 0 Å². The molecule has 37 heavy (non-hydrogen) atoms. The highest BCUT2D eigenvalue weighted by atomic mass is 35.5.